The molecule has 0 saturated carbocycles. The third kappa shape index (κ3) is 7.69. The zero-order valence-electron chi connectivity index (χ0n) is 17.6. The third-order valence-corrected chi connectivity index (χ3v) is 4.68. The van der Waals surface area contributed by atoms with Gasteiger partial charge in [-0.1, -0.05) is 17.8 Å². The Morgan fingerprint density at radius 1 is 1.03 bits per heavy atom. The Balaban J connectivity index is 0.00000151. The summed E-state index contributed by atoms with van der Waals surface area (Å²) in [6.45, 7) is 7.01. The zero-order valence-corrected chi connectivity index (χ0v) is 18.4. The van der Waals surface area contributed by atoms with Gasteiger partial charge in [-0.05, 0) is 57.5 Å². The predicted molar refractivity (Wildman–Crippen MR) is 110 cm³/mol. The lowest BCUT2D eigenvalue weighted by Crippen LogP contribution is -2.23. The molecule has 0 atom stereocenters. The van der Waals surface area contributed by atoms with E-state index in [1.165, 1.54) is 25.3 Å². The van der Waals surface area contributed by atoms with Gasteiger partial charge in [-0.25, -0.2) is 9.59 Å². The first-order valence-electron chi connectivity index (χ1n) is 8.81. The van der Waals surface area contributed by atoms with Crippen molar-refractivity contribution in [2.75, 3.05) is 7.11 Å². The maximum atomic E-state index is 12.2. The molecule has 164 valence electrons. The first kappa shape index (κ1) is 25.5. The Bertz CT molecular complexity index is 1020. The number of nitrogens with zero attached hydrogens (tertiary/aromatic N) is 1. The lowest BCUT2D eigenvalue weighted by molar-refractivity contribution is -0.387. The molecule has 0 aromatic heterocycles. The van der Waals surface area contributed by atoms with E-state index in [-0.39, 0.29) is 17.4 Å². The molecule has 0 radical (unpaired) electrons. The molecule has 0 fully saturated rings. The Hall–Kier alpha value is -3.49. The van der Waals surface area contributed by atoms with Crippen LogP contribution in [0, 0.1) is 17.0 Å². The second kappa shape index (κ2) is 11.1. The molecule has 0 bridgehead atoms. The van der Waals surface area contributed by atoms with Crippen molar-refractivity contribution in [3.63, 3.8) is 0 Å². The van der Waals surface area contributed by atoms with E-state index in [0.717, 1.165) is 17.3 Å². The minimum atomic E-state index is -0.712. The second-order valence-electron chi connectivity index (χ2n) is 7.12. The molecule has 0 aliphatic rings. The Morgan fingerprint density at radius 2 is 1.65 bits per heavy atom. The SMILES string of the molecule is COC(=O)c1ccc(C)cc1Sc1ccc(C(=O)OC(C)(C)C)cc1[N+](=O)[O-].O=C=O. The molecule has 0 saturated heterocycles. The molecular formula is C21H21NO8S. The summed E-state index contributed by atoms with van der Waals surface area (Å²) in [6.07, 6.45) is 0.250. The van der Waals surface area contributed by atoms with Gasteiger partial charge in [-0.2, -0.15) is 9.59 Å². The lowest BCUT2D eigenvalue weighted by Gasteiger charge is -2.19. The normalized spacial score (nSPS) is 10.2. The molecule has 0 aliphatic carbocycles. The van der Waals surface area contributed by atoms with Gasteiger partial charge in [0.05, 0.1) is 28.1 Å². The van der Waals surface area contributed by atoms with Crippen molar-refractivity contribution in [3.05, 3.63) is 63.2 Å². The van der Waals surface area contributed by atoms with Crippen molar-refractivity contribution in [3.8, 4) is 0 Å². The summed E-state index contributed by atoms with van der Waals surface area (Å²) in [7, 11) is 1.27. The van der Waals surface area contributed by atoms with Crippen LogP contribution in [0.5, 0.6) is 0 Å². The van der Waals surface area contributed by atoms with Gasteiger partial charge in [0.25, 0.3) is 5.69 Å². The molecule has 31 heavy (non-hydrogen) atoms. The minimum Gasteiger partial charge on any atom is -0.465 e. The van der Waals surface area contributed by atoms with Crippen molar-refractivity contribution < 1.29 is 33.6 Å². The summed E-state index contributed by atoms with van der Waals surface area (Å²) in [5.41, 5.74) is 0.330. The maximum absolute atomic E-state index is 12.2. The summed E-state index contributed by atoms with van der Waals surface area (Å²) in [6, 6.07) is 9.26. The number of hydrogen-bond acceptors (Lipinski definition) is 9. The largest absolute Gasteiger partial charge is 0.465 e. The van der Waals surface area contributed by atoms with Crippen LogP contribution in [0.2, 0.25) is 0 Å². The van der Waals surface area contributed by atoms with E-state index < -0.39 is 22.5 Å². The average Bonchev–Trinajstić information content (AvgIpc) is 2.67. The number of methoxy groups -OCH3 is 1. The number of rotatable bonds is 5. The molecule has 2 aromatic carbocycles. The Kier molecular flexibility index (Phi) is 9.11. The second-order valence-corrected chi connectivity index (χ2v) is 8.20. The number of benzene rings is 2. The van der Waals surface area contributed by atoms with E-state index in [0.29, 0.717) is 15.4 Å². The smallest absolute Gasteiger partial charge is 0.373 e. The standard InChI is InChI=1S/C20H21NO6S.CO2/c1-12-6-8-14(19(23)26-5)17(10-12)28-16-9-7-13(11-15(16)21(24)25)18(22)27-20(2,3)4;2-1-3/h6-11H,1-5H3;. The number of nitro benzene ring substituents is 1. The van der Waals surface area contributed by atoms with Crippen LogP contribution >= 0.6 is 11.8 Å². The molecule has 10 heteroatoms. The molecule has 0 heterocycles. The summed E-state index contributed by atoms with van der Waals surface area (Å²) >= 11 is 1.07. The van der Waals surface area contributed by atoms with Crippen molar-refractivity contribution in [1.29, 1.82) is 0 Å². The maximum Gasteiger partial charge on any atom is 0.373 e. The van der Waals surface area contributed by atoms with Gasteiger partial charge in [0, 0.05) is 11.0 Å². The number of aryl methyl sites for hydroxylation is 1. The van der Waals surface area contributed by atoms with Crippen molar-refractivity contribution in [1.82, 2.24) is 0 Å². The molecule has 0 unspecified atom stereocenters. The molecule has 2 rings (SSSR count). The Labute approximate surface area is 182 Å². The van der Waals surface area contributed by atoms with Crippen LogP contribution in [0.4, 0.5) is 5.69 Å². The van der Waals surface area contributed by atoms with E-state index in [1.807, 2.05) is 6.92 Å². The van der Waals surface area contributed by atoms with Gasteiger partial charge in [0.2, 0.25) is 0 Å². The first-order valence-corrected chi connectivity index (χ1v) is 9.63. The number of carbonyl (C=O) groups excluding carboxylic acids is 4. The van der Waals surface area contributed by atoms with Gasteiger partial charge < -0.3 is 9.47 Å². The van der Waals surface area contributed by atoms with Crippen LogP contribution < -0.4 is 0 Å². The number of carbonyl (C=O) groups is 2. The fraction of sp³-hybridized carbons (Fsp3) is 0.286. The van der Waals surface area contributed by atoms with Gasteiger partial charge in [0.1, 0.15) is 5.60 Å². The zero-order chi connectivity index (χ0) is 23.8. The van der Waals surface area contributed by atoms with Crippen molar-refractivity contribution in [2.45, 2.75) is 43.1 Å². The van der Waals surface area contributed by atoms with Crippen LogP contribution in [0.3, 0.4) is 0 Å². The summed E-state index contributed by atoms with van der Waals surface area (Å²) in [5.74, 6) is -1.17. The molecular weight excluding hydrogens is 426 g/mol. The molecule has 0 amide bonds. The summed E-state index contributed by atoms with van der Waals surface area (Å²) < 4.78 is 10.0. The van der Waals surface area contributed by atoms with Gasteiger partial charge in [0.15, 0.2) is 0 Å². The highest BCUT2D eigenvalue weighted by atomic mass is 32.2. The van der Waals surface area contributed by atoms with Crippen molar-refractivity contribution >= 4 is 35.5 Å². The van der Waals surface area contributed by atoms with Crippen LogP contribution in [-0.2, 0) is 19.1 Å². The monoisotopic (exact) mass is 447 g/mol. The predicted octanol–water partition coefficient (Wildman–Crippen LogP) is 4.21. The van der Waals surface area contributed by atoms with Gasteiger partial charge in [-0.15, -0.1) is 0 Å². The minimum absolute atomic E-state index is 0.0865. The van der Waals surface area contributed by atoms with Crippen LogP contribution in [0.1, 0.15) is 47.1 Å². The van der Waals surface area contributed by atoms with Crippen LogP contribution in [0.25, 0.3) is 0 Å². The third-order valence-electron chi connectivity index (χ3n) is 3.55. The molecule has 0 aliphatic heterocycles. The molecule has 0 N–H and O–H groups in total. The average molecular weight is 447 g/mol. The number of nitro groups is 1. The summed E-state index contributed by atoms with van der Waals surface area (Å²) in [4.78, 5) is 52.3. The Morgan fingerprint density at radius 3 is 2.16 bits per heavy atom. The molecule has 9 nitrogen and oxygen atoms in total. The van der Waals surface area contributed by atoms with E-state index in [4.69, 9.17) is 19.1 Å². The van der Waals surface area contributed by atoms with Gasteiger partial charge in [-0.3, -0.25) is 10.1 Å². The highest BCUT2D eigenvalue weighted by molar-refractivity contribution is 7.99. The van der Waals surface area contributed by atoms with Crippen LogP contribution in [-0.4, -0.2) is 35.7 Å². The quantitative estimate of drug-likeness (QED) is 0.376. The number of esters is 2. The first-order chi connectivity index (χ1) is 14.4. The van der Waals surface area contributed by atoms with E-state index >= 15 is 0 Å². The topological polar surface area (TPSA) is 130 Å². The fourth-order valence-electron chi connectivity index (χ4n) is 2.32. The van der Waals surface area contributed by atoms with Crippen LogP contribution in [0.15, 0.2) is 46.2 Å². The highest BCUT2D eigenvalue weighted by Crippen LogP contribution is 2.38. The summed E-state index contributed by atoms with van der Waals surface area (Å²) in [5, 5.41) is 11.6. The molecule has 2 aromatic rings. The number of hydrogen-bond donors (Lipinski definition) is 0. The highest BCUT2D eigenvalue weighted by Gasteiger charge is 2.24. The van der Waals surface area contributed by atoms with E-state index in [1.54, 1.807) is 39.0 Å². The van der Waals surface area contributed by atoms with E-state index in [2.05, 4.69) is 0 Å². The van der Waals surface area contributed by atoms with Gasteiger partial charge >= 0.3 is 18.1 Å². The lowest BCUT2D eigenvalue weighted by atomic mass is 10.1. The molecule has 0 spiro atoms. The number of ether oxygens (including phenoxy) is 2. The van der Waals surface area contributed by atoms with Crippen molar-refractivity contribution in [2.24, 2.45) is 0 Å². The van der Waals surface area contributed by atoms with E-state index in [9.17, 15) is 19.7 Å². The fourth-order valence-corrected chi connectivity index (χ4v) is 3.44.